The Morgan fingerprint density at radius 1 is 1.11 bits per heavy atom. The highest BCUT2D eigenvalue weighted by atomic mass is 32.2. The largest absolute Gasteiger partial charge is 0.493 e. The van der Waals surface area contributed by atoms with Crippen LogP contribution in [0.5, 0.6) is 11.5 Å². The summed E-state index contributed by atoms with van der Waals surface area (Å²) in [6, 6.07) is 17.9. The smallest absolute Gasteiger partial charge is 0.416 e. The summed E-state index contributed by atoms with van der Waals surface area (Å²) in [5, 5.41) is 11.8. The molecule has 0 fully saturated rings. The van der Waals surface area contributed by atoms with Gasteiger partial charge in [-0.05, 0) is 48.4 Å². The molecular formula is C32H33N3O8S. The molecule has 230 valence electrons. The van der Waals surface area contributed by atoms with Gasteiger partial charge in [-0.3, -0.25) is 4.79 Å². The summed E-state index contributed by atoms with van der Waals surface area (Å²) in [6.07, 6.45) is 1.06. The Morgan fingerprint density at radius 2 is 1.84 bits per heavy atom. The molecule has 5 rings (SSSR count). The van der Waals surface area contributed by atoms with Crippen molar-refractivity contribution in [2.75, 3.05) is 32.2 Å². The first kappa shape index (κ1) is 30.8. The first-order valence-corrected chi connectivity index (χ1v) is 15.3. The Hall–Kier alpha value is -4.65. The van der Waals surface area contributed by atoms with Crippen LogP contribution >= 0.6 is 0 Å². The van der Waals surface area contributed by atoms with Crippen LogP contribution in [0.3, 0.4) is 0 Å². The summed E-state index contributed by atoms with van der Waals surface area (Å²) in [5.74, 6) is 0.138. The number of ether oxygens (including phenoxy) is 3. The zero-order chi connectivity index (χ0) is 31.4. The van der Waals surface area contributed by atoms with E-state index in [1.165, 1.54) is 49.4 Å². The lowest BCUT2D eigenvalue weighted by Crippen LogP contribution is -2.54. The van der Waals surface area contributed by atoms with Gasteiger partial charge in [-0.15, -0.1) is 0 Å². The fraction of sp³-hybridized carbons (Fsp3) is 0.250. The van der Waals surface area contributed by atoms with Crippen LogP contribution in [0.4, 0.5) is 10.5 Å². The van der Waals surface area contributed by atoms with Crippen molar-refractivity contribution in [3.05, 3.63) is 102 Å². The summed E-state index contributed by atoms with van der Waals surface area (Å²) in [6.45, 7) is 3.81. The van der Waals surface area contributed by atoms with Gasteiger partial charge < -0.3 is 24.2 Å². The first-order valence-electron chi connectivity index (χ1n) is 13.9. The van der Waals surface area contributed by atoms with E-state index in [0.29, 0.717) is 0 Å². The maximum atomic E-state index is 14.0. The van der Waals surface area contributed by atoms with Crippen molar-refractivity contribution in [2.45, 2.75) is 30.2 Å². The standard InChI is InChI=1S/C32H33N3O8S/c1-4-16-42-32(38)35-26-19-29(43-20-21-8-6-5-7-9-21)28(41-3)18-25(26)30(36)34-15-14-23(17-27(34)31(35)37)22-10-12-24(13-11-22)44(39,40)33-2/h4-14,18-19,27,31,33,37H,1,15-17,20H2,2-3H3/t27-,31?/m0/s1. The van der Waals surface area contributed by atoms with Crippen LogP contribution in [0.15, 0.2) is 90.4 Å². The number of aliphatic hydroxyl groups excluding tert-OH is 1. The van der Waals surface area contributed by atoms with E-state index in [4.69, 9.17) is 14.2 Å². The molecule has 0 saturated carbocycles. The van der Waals surface area contributed by atoms with Gasteiger partial charge in [-0.2, -0.15) is 0 Å². The number of methoxy groups -OCH3 is 1. The Bertz CT molecular complexity index is 1690. The van der Waals surface area contributed by atoms with E-state index in [9.17, 15) is 23.1 Å². The van der Waals surface area contributed by atoms with Crippen molar-refractivity contribution in [3.63, 3.8) is 0 Å². The highest BCUT2D eigenvalue weighted by Crippen LogP contribution is 2.42. The van der Waals surface area contributed by atoms with Crippen molar-refractivity contribution in [2.24, 2.45) is 0 Å². The SMILES string of the molecule is C=CCOC(=O)N1c2cc(OCc3ccccc3)c(OC)cc2C(=O)N2CC=C(c3ccc(S(=O)(=O)NC)cc3)C[C@H]2C1O. The Balaban J connectivity index is 1.53. The number of hydrogen-bond acceptors (Lipinski definition) is 8. The number of anilines is 1. The number of carbonyl (C=O) groups is 2. The van der Waals surface area contributed by atoms with Gasteiger partial charge in [0.25, 0.3) is 5.91 Å². The van der Waals surface area contributed by atoms with E-state index in [-0.39, 0.29) is 53.8 Å². The molecule has 2 aliphatic heterocycles. The van der Waals surface area contributed by atoms with Gasteiger partial charge in [0.1, 0.15) is 13.2 Å². The zero-order valence-corrected chi connectivity index (χ0v) is 25.1. The van der Waals surface area contributed by atoms with Crippen LogP contribution in [0.25, 0.3) is 5.57 Å². The molecule has 3 aromatic rings. The number of hydrogen-bond donors (Lipinski definition) is 2. The average molecular weight is 620 g/mol. The topological polar surface area (TPSA) is 135 Å². The summed E-state index contributed by atoms with van der Waals surface area (Å²) in [4.78, 5) is 30.1. The van der Waals surface area contributed by atoms with E-state index in [2.05, 4.69) is 11.3 Å². The molecule has 0 bridgehead atoms. The maximum Gasteiger partial charge on any atom is 0.416 e. The maximum absolute atomic E-state index is 14.0. The number of benzene rings is 3. The van der Waals surface area contributed by atoms with Gasteiger partial charge in [0.2, 0.25) is 10.0 Å². The van der Waals surface area contributed by atoms with Crippen molar-refractivity contribution < 1.29 is 37.3 Å². The number of nitrogens with one attached hydrogen (secondary N) is 1. The molecule has 2 amide bonds. The molecule has 2 N–H and O–H groups in total. The summed E-state index contributed by atoms with van der Waals surface area (Å²) < 4.78 is 43.6. The van der Waals surface area contributed by atoms with Gasteiger partial charge in [0.15, 0.2) is 17.7 Å². The molecule has 0 aromatic heterocycles. The molecule has 0 radical (unpaired) electrons. The van der Waals surface area contributed by atoms with Gasteiger partial charge in [-0.25, -0.2) is 22.8 Å². The zero-order valence-electron chi connectivity index (χ0n) is 24.3. The van der Waals surface area contributed by atoms with E-state index in [1.54, 1.807) is 12.1 Å². The molecule has 0 spiro atoms. The molecular weight excluding hydrogens is 586 g/mol. The van der Waals surface area contributed by atoms with Gasteiger partial charge in [0.05, 0.1) is 29.3 Å². The molecule has 0 aliphatic carbocycles. The van der Waals surface area contributed by atoms with Gasteiger partial charge in [-0.1, -0.05) is 61.2 Å². The number of amides is 2. The number of aliphatic hydroxyl groups is 1. The number of carbonyl (C=O) groups excluding carboxylic acids is 2. The number of sulfonamides is 1. The van der Waals surface area contributed by atoms with Crippen LogP contribution in [0, 0.1) is 0 Å². The third-order valence-electron chi connectivity index (χ3n) is 7.57. The second kappa shape index (κ2) is 12.9. The summed E-state index contributed by atoms with van der Waals surface area (Å²) >= 11 is 0. The lowest BCUT2D eigenvalue weighted by molar-refractivity contribution is 0.0397. The molecule has 2 atom stereocenters. The number of fused-ring (bicyclic) bond motifs is 2. The van der Waals surface area contributed by atoms with Crippen molar-refractivity contribution >= 4 is 33.3 Å². The highest BCUT2D eigenvalue weighted by molar-refractivity contribution is 7.89. The highest BCUT2D eigenvalue weighted by Gasteiger charge is 2.44. The lowest BCUT2D eigenvalue weighted by Gasteiger charge is -2.38. The van der Waals surface area contributed by atoms with Crippen LogP contribution in [-0.4, -0.2) is 70.0 Å². The van der Waals surface area contributed by atoms with Crippen LogP contribution < -0.4 is 19.1 Å². The average Bonchev–Trinajstić information content (AvgIpc) is 3.14. The second-order valence-electron chi connectivity index (χ2n) is 10.1. The van der Waals surface area contributed by atoms with E-state index < -0.39 is 34.3 Å². The predicted molar refractivity (Wildman–Crippen MR) is 164 cm³/mol. The molecule has 2 aliphatic rings. The minimum Gasteiger partial charge on any atom is -0.493 e. The molecule has 44 heavy (non-hydrogen) atoms. The number of nitrogens with zero attached hydrogens (tertiary/aromatic N) is 2. The third-order valence-corrected chi connectivity index (χ3v) is 9.00. The van der Waals surface area contributed by atoms with E-state index in [1.807, 2.05) is 36.4 Å². The van der Waals surface area contributed by atoms with Crippen LogP contribution in [0.2, 0.25) is 0 Å². The van der Waals surface area contributed by atoms with Crippen molar-refractivity contribution in [3.8, 4) is 11.5 Å². The second-order valence-corrected chi connectivity index (χ2v) is 12.0. The van der Waals surface area contributed by atoms with E-state index >= 15 is 0 Å². The number of rotatable bonds is 9. The van der Waals surface area contributed by atoms with Crippen LogP contribution in [-0.2, 0) is 21.4 Å². The molecule has 2 heterocycles. The Kier molecular flexibility index (Phi) is 9.04. The quantitative estimate of drug-likeness (QED) is 0.344. The summed E-state index contributed by atoms with van der Waals surface area (Å²) in [7, 11) is -0.828. The molecule has 12 heteroatoms. The Labute approximate surface area is 256 Å². The molecule has 11 nitrogen and oxygen atoms in total. The molecule has 3 aromatic carbocycles. The Morgan fingerprint density at radius 3 is 2.50 bits per heavy atom. The van der Waals surface area contributed by atoms with Crippen molar-refractivity contribution in [1.82, 2.24) is 9.62 Å². The van der Waals surface area contributed by atoms with Gasteiger partial charge in [0, 0.05) is 12.6 Å². The fourth-order valence-corrected chi connectivity index (χ4v) is 6.00. The minimum absolute atomic E-state index is 0.109. The summed E-state index contributed by atoms with van der Waals surface area (Å²) in [5.41, 5.74) is 2.64. The predicted octanol–water partition coefficient (Wildman–Crippen LogP) is 3.94. The van der Waals surface area contributed by atoms with Crippen molar-refractivity contribution in [1.29, 1.82) is 0 Å². The first-order chi connectivity index (χ1) is 21.2. The normalized spacial score (nSPS) is 18.0. The van der Waals surface area contributed by atoms with Gasteiger partial charge >= 0.3 is 6.09 Å². The van der Waals surface area contributed by atoms with E-state index in [0.717, 1.165) is 21.6 Å². The lowest BCUT2D eigenvalue weighted by atomic mass is 9.93. The molecule has 1 unspecified atom stereocenters. The molecule has 0 saturated heterocycles. The van der Waals surface area contributed by atoms with Crippen LogP contribution in [0.1, 0.15) is 27.9 Å². The fourth-order valence-electron chi connectivity index (χ4n) is 5.27. The minimum atomic E-state index is -3.62. The third kappa shape index (κ3) is 6.05. The monoisotopic (exact) mass is 619 g/mol.